The fraction of sp³-hybridized carbons (Fsp3) is 0.400. The fourth-order valence-electron chi connectivity index (χ4n) is 1.70. The molecule has 1 N–H and O–H groups in total. The van der Waals surface area contributed by atoms with Gasteiger partial charge in [0.15, 0.2) is 13.4 Å². The van der Waals surface area contributed by atoms with Crippen molar-refractivity contribution >= 4 is 7.60 Å². The average molecular weight is 229 g/mol. The molecule has 1 aromatic rings. The van der Waals surface area contributed by atoms with Crippen LogP contribution in [0.2, 0.25) is 0 Å². The monoisotopic (exact) mass is 229 g/mol. The van der Waals surface area contributed by atoms with Crippen LogP contribution in [0.15, 0.2) is 30.3 Å². The van der Waals surface area contributed by atoms with Crippen LogP contribution in [0.5, 0.6) is 0 Å². The molecule has 0 spiro atoms. The van der Waals surface area contributed by atoms with Gasteiger partial charge in [-0.05, 0) is 0 Å². The maximum absolute atomic E-state index is 11.3. The van der Waals surface area contributed by atoms with Gasteiger partial charge in [-0.25, -0.2) is 0 Å². The van der Waals surface area contributed by atoms with E-state index < -0.39 is 13.4 Å². The third-order valence-corrected chi connectivity index (χ3v) is 3.75. The van der Waals surface area contributed by atoms with Gasteiger partial charge in [0.1, 0.15) is 0 Å². The molecule has 84 valence electrons. The molecule has 15 heavy (non-hydrogen) atoms. The van der Waals surface area contributed by atoms with Gasteiger partial charge in [-0.3, -0.25) is 0 Å². The fourth-order valence-corrected chi connectivity index (χ4v) is 3.12. The predicted octanol–water partition coefficient (Wildman–Crippen LogP) is 0.937. The molecule has 0 saturated carbocycles. The van der Waals surface area contributed by atoms with E-state index in [-0.39, 0.29) is 4.48 Å². The van der Waals surface area contributed by atoms with Crippen molar-refractivity contribution < 1.29 is 18.8 Å². The Kier molecular flexibility index (Phi) is 3.36. The van der Waals surface area contributed by atoms with Gasteiger partial charge < -0.3 is 18.8 Å². The first-order valence-corrected chi connectivity index (χ1v) is 6.27. The van der Waals surface area contributed by atoms with Crippen molar-refractivity contribution in [2.75, 3.05) is 21.1 Å². The first-order valence-electron chi connectivity index (χ1n) is 4.62. The van der Waals surface area contributed by atoms with E-state index >= 15 is 0 Å². The summed E-state index contributed by atoms with van der Waals surface area (Å²) >= 11 is 0. The molecular weight excluding hydrogens is 213 g/mol. The van der Waals surface area contributed by atoms with Crippen molar-refractivity contribution in [3.63, 3.8) is 0 Å². The van der Waals surface area contributed by atoms with Gasteiger partial charge in [0.2, 0.25) is 0 Å². The Morgan fingerprint density at radius 1 is 1.27 bits per heavy atom. The highest BCUT2D eigenvalue weighted by Gasteiger charge is 2.34. The van der Waals surface area contributed by atoms with Crippen molar-refractivity contribution in [2.45, 2.75) is 5.78 Å². The SMILES string of the molecule is C[N+](C)(C)C(c1ccccc1)P(=O)([O-])O. The zero-order valence-corrected chi connectivity index (χ0v) is 10.0. The summed E-state index contributed by atoms with van der Waals surface area (Å²) in [6.07, 6.45) is 0. The second kappa shape index (κ2) is 4.06. The van der Waals surface area contributed by atoms with Gasteiger partial charge in [-0.2, -0.15) is 0 Å². The lowest BCUT2D eigenvalue weighted by atomic mass is 10.2. The summed E-state index contributed by atoms with van der Waals surface area (Å²) in [5, 5.41) is 0. The van der Waals surface area contributed by atoms with Crippen molar-refractivity contribution in [3.8, 4) is 0 Å². The van der Waals surface area contributed by atoms with Crippen LogP contribution < -0.4 is 4.89 Å². The van der Waals surface area contributed by atoms with E-state index in [4.69, 9.17) is 0 Å². The van der Waals surface area contributed by atoms with Gasteiger partial charge in [0.25, 0.3) is 0 Å². The molecule has 1 aromatic carbocycles. The van der Waals surface area contributed by atoms with Gasteiger partial charge in [-0.15, -0.1) is 0 Å². The van der Waals surface area contributed by atoms with Crippen LogP contribution in [0.4, 0.5) is 0 Å². The Bertz CT molecular complexity index is 366. The lowest BCUT2D eigenvalue weighted by molar-refractivity contribution is -0.890. The normalized spacial score (nSPS) is 18.2. The van der Waals surface area contributed by atoms with Crippen LogP contribution in [0.1, 0.15) is 11.3 Å². The van der Waals surface area contributed by atoms with E-state index in [0.717, 1.165) is 0 Å². The summed E-state index contributed by atoms with van der Waals surface area (Å²) in [5.74, 6) is -0.918. The zero-order valence-electron chi connectivity index (χ0n) is 9.12. The van der Waals surface area contributed by atoms with E-state index in [9.17, 15) is 14.4 Å². The minimum absolute atomic E-state index is 0.140. The maximum atomic E-state index is 11.3. The molecule has 1 rings (SSSR count). The molecule has 0 bridgehead atoms. The second-order valence-corrected chi connectivity index (χ2v) is 6.08. The van der Waals surface area contributed by atoms with Crippen LogP contribution in [0, 0.1) is 0 Å². The average Bonchev–Trinajstić information content (AvgIpc) is 2.00. The molecule has 0 heterocycles. The van der Waals surface area contributed by atoms with E-state index in [1.807, 2.05) is 6.07 Å². The summed E-state index contributed by atoms with van der Waals surface area (Å²) in [6.45, 7) is 0. The topological polar surface area (TPSA) is 60.4 Å². The molecule has 0 saturated heterocycles. The predicted molar refractivity (Wildman–Crippen MR) is 57.0 cm³/mol. The Hall–Kier alpha value is -0.670. The number of hydrogen-bond acceptors (Lipinski definition) is 2. The molecule has 2 unspecified atom stereocenters. The molecule has 0 amide bonds. The smallest absolute Gasteiger partial charge is 0.195 e. The van der Waals surface area contributed by atoms with Crippen molar-refractivity contribution in [3.05, 3.63) is 35.9 Å². The molecule has 0 radical (unpaired) electrons. The molecular formula is C10H16NO3P. The van der Waals surface area contributed by atoms with Gasteiger partial charge >= 0.3 is 0 Å². The number of quaternary nitrogens is 1. The third-order valence-electron chi connectivity index (χ3n) is 2.14. The van der Waals surface area contributed by atoms with E-state index in [0.29, 0.717) is 5.56 Å². The summed E-state index contributed by atoms with van der Waals surface area (Å²) < 4.78 is 11.5. The number of hydrogen-bond donors (Lipinski definition) is 1. The van der Waals surface area contributed by atoms with Crippen LogP contribution in [-0.2, 0) is 4.57 Å². The lowest BCUT2D eigenvalue weighted by Crippen LogP contribution is -2.40. The van der Waals surface area contributed by atoms with Crippen LogP contribution >= 0.6 is 7.60 Å². The Morgan fingerprint density at radius 3 is 2.07 bits per heavy atom. The van der Waals surface area contributed by atoms with Gasteiger partial charge in [-0.1, -0.05) is 30.3 Å². The molecule has 5 heteroatoms. The highest BCUT2D eigenvalue weighted by Crippen LogP contribution is 2.51. The van der Waals surface area contributed by atoms with Crippen molar-refractivity contribution in [1.29, 1.82) is 0 Å². The highest BCUT2D eigenvalue weighted by molar-refractivity contribution is 7.50. The van der Waals surface area contributed by atoms with Crippen LogP contribution in [0.3, 0.4) is 0 Å². The molecule has 0 aliphatic heterocycles. The van der Waals surface area contributed by atoms with Crippen molar-refractivity contribution in [2.24, 2.45) is 0 Å². The number of benzene rings is 1. The second-order valence-electron chi connectivity index (χ2n) is 4.46. The molecule has 4 nitrogen and oxygen atoms in total. The van der Waals surface area contributed by atoms with Crippen molar-refractivity contribution in [1.82, 2.24) is 0 Å². The Morgan fingerprint density at radius 2 is 1.73 bits per heavy atom. The third kappa shape index (κ3) is 3.14. The maximum Gasteiger partial charge on any atom is 0.195 e. The molecule has 0 fully saturated rings. The minimum atomic E-state index is -4.40. The standard InChI is InChI=1S/C10H16NO3P/c1-11(2,3)10(15(12,13)14)9-7-5-4-6-8-9/h4-8,10H,1-3H3,(H-,12,13,14). The highest BCUT2D eigenvalue weighted by atomic mass is 31.2. The van der Waals surface area contributed by atoms with E-state index in [1.165, 1.54) is 0 Å². The number of rotatable bonds is 3. The lowest BCUT2D eigenvalue weighted by Gasteiger charge is -2.39. The first kappa shape index (κ1) is 12.4. The zero-order chi connectivity index (χ0) is 11.7. The summed E-state index contributed by atoms with van der Waals surface area (Å²) in [6, 6.07) is 8.73. The summed E-state index contributed by atoms with van der Waals surface area (Å²) in [4.78, 5) is 20.6. The van der Waals surface area contributed by atoms with E-state index in [1.54, 1.807) is 45.4 Å². The molecule has 2 atom stereocenters. The number of nitrogens with zero attached hydrogens (tertiary/aromatic N) is 1. The van der Waals surface area contributed by atoms with Crippen LogP contribution in [0.25, 0.3) is 0 Å². The van der Waals surface area contributed by atoms with Gasteiger partial charge in [0, 0.05) is 5.56 Å². The van der Waals surface area contributed by atoms with Crippen LogP contribution in [-0.4, -0.2) is 30.5 Å². The van der Waals surface area contributed by atoms with E-state index in [2.05, 4.69) is 0 Å². The van der Waals surface area contributed by atoms with Gasteiger partial charge in [0.05, 0.1) is 21.1 Å². The quantitative estimate of drug-likeness (QED) is 0.619. The molecule has 0 aliphatic rings. The Labute approximate surface area is 89.9 Å². The largest absolute Gasteiger partial charge is 0.774 e. The molecule has 0 aliphatic carbocycles. The first-order chi connectivity index (χ1) is 6.73. The Balaban J connectivity index is 3.21. The summed E-state index contributed by atoms with van der Waals surface area (Å²) in [7, 11) is 0.807. The summed E-state index contributed by atoms with van der Waals surface area (Å²) in [5.41, 5.74) is 0.603. The molecule has 0 aromatic heterocycles. The minimum Gasteiger partial charge on any atom is -0.774 e.